The largest absolute Gasteiger partial charge is 0.419 e. The summed E-state index contributed by atoms with van der Waals surface area (Å²) in [6, 6.07) is 7.77. The highest BCUT2D eigenvalue weighted by molar-refractivity contribution is 5.97. The molecule has 0 fully saturated rings. The predicted octanol–water partition coefficient (Wildman–Crippen LogP) is 4.10. The van der Waals surface area contributed by atoms with Crippen molar-refractivity contribution in [1.82, 2.24) is 19.7 Å². The minimum atomic E-state index is -1.01. The van der Waals surface area contributed by atoms with Crippen LogP contribution in [0.5, 0.6) is 5.75 Å². The Morgan fingerprint density at radius 1 is 0.974 bits per heavy atom. The van der Waals surface area contributed by atoms with Crippen molar-refractivity contribution in [3.63, 3.8) is 0 Å². The monoisotopic (exact) mass is 522 g/mol. The SMILES string of the molecule is Cc1ccc(CCC(=O)c2nc(C(C)(C)CC(=O)c3nnc(C)o3)n(C)c(=O)c2OC(=O)C(C)(C)C)cc1. The van der Waals surface area contributed by atoms with E-state index in [2.05, 4.69) is 15.2 Å². The van der Waals surface area contributed by atoms with E-state index in [1.807, 2.05) is 31.2 Å². The first kappa shape index (κ1) is 28.6. The van der Waals surface area contributed by atoms with Crippen LogP contribution >= 0.6 is 0 Å². The molecule has 0 spiro atoms. The van der Waals surface area contributed by atoms with E-state index in [1.54, 1.807) is 41.5 Å². The third-order valence-corrected chi connectivity index (χ3v) is 6.05. The third kappa shape index (κ3) is 6.48. The number of esters is 1. The first-order valence-electron chi connectivity index (χ1n) is 12.4. The molecule has 0 amide bonds. The number of Topliss-reactive ketones (excluding diaryl/α,β-unsaturated/α-hetero) is 2. The lowest BCUT2D eigenvalue weighted by atomic mass is 9.85. The first-order chi connectivity index (χ1) is 17.6. The molecule has 0 radical (unpaired) electrons. The Morgan fingerprint density at radius 3 is 2.16 bits per heavy atom. The van der Waals surface area contributed by atoms with Gasteiger partial charge >= 0.3 is 5.97 Å². The fraction of sp³-hybridized carbons (Fsp3) is 0.464. The molecule has 10 heteroatoms. The van der Waals surface area contributed by atoms with Crippen LogP contribution in [-0.4, -0.2) is 37.3 Å². The van der Waals surface area contributed by atoms with E-state index in [0.29, 0.717) is 6.42 Å². The van der Waals surface area contributed by atoms with E-state index in [-0.39, 0.29) is 36.1 Å². The number of hydrogen-bond donors (Lipinski definition) is 0. The standard InChI is InChI=1S/C28H34N4O6/c1-16-9-11-18(12-10-16)13-14-19(33)21-22(38-26(36)27(3,4)5)24(35)32(8)25(29-21)28(6,7)15-20(34)23-31-30-17(2)37-23/h9-12H,13-15H2,1-8H3. The zero-order chi connectivity index (χ0) is 28.4. The lowest BCUT2D eigenvalue weighted by Crippen LogP contribution is -2.37. The molecule has 3 rings (SSSR count). The quantitative estimate of drug-likeness (QED) is 0.301. The average molecular weight is 523 g/mol. The molecule has 3 aromatic rings. The second-order valence-corrected chi connectivity index (χ2v) is 11.1. The van der Waals surface area contributed by atoms with Gasteiger partial charge in [-0.15, -0.1) is 10.2 Å². The van der Waals surface area contributed by atoms with Crippen LogP contribution in [0.2, 0.25) is 0 Å². The van der Waals surface area contributed by atoms with Gasteiger partial charge < -0.3 is 9.15 Å². The van der Waals surface area contributed by atoms with Crippen molar-refractivity contribution >= 4 is 17.5 Å². The number of aryl methyl sites for hydroxylation is 3. The molecule has 0 aliphatic rings. The lowest BCUT2D eigenvalue weighted by Gasteiger charge is -2.26. The van der Waals surface area contributed by atoms with Gasteiger partial charge in [0.1, 0.15) is 5.82 Å². The summed E-state index contributed by atoms with van der Waals surface area (Å²) in [4.78, 5) is 56.9. The minimum absolute atomic E-state index is 0.0450. The van der Waals surface area contributed by atoms with Crippen LogP contribution in [-0.2, 0) is 23.7 Å². The van der Waals surface area contributed by atoms with Crippen molar-refractivity contribution in [2.45, 2.75) is 73.1 Å². The second-order valence-electron chi connectivity index (χ2n) is 11.1. The molecule has 0 atom stereocenters. The van der Waals surface area contributed by atoms with Crippen LogP contribution in [0.4, 0.5) is 0 Å². The zero-order valence-corrected chi connectivity index (χ0v) is 23.2. The van der Waals surface area contributed by atoms with Crippen LogP contribution in [0.15, 0.2) is 33.5 Å². The average Bonchev–Trinajstić information content (AvgIpc) is 3.27. The number of benzene rings is 1. The molecule has 202 valence electrons. The van der Waals surface area contributed by atoms with Gasteiger partial charge in [-0.3, -0.25) is 23.7 Å². The minimum Gasteiger partial charge on any atom is -0.419 e. The van der Waals surface area contributed by atoms with Gasteiger partial charge in [0.05, 0.1) is 5.41 Å². The Balaban J connectivity index is 2.03. The summed E-state index contributed by atoms with van der Waals surface area (Å²) in [6.07, 6.45) is 0.340. The molecule has 10 nitrogen and oxygen atoms in total. The number of nitrogens with zero attached hydrogens (tertiary/aromatic N) is 4. The summed E-state index contributed by atoms with van der Waals surface area (Å²) >= 11 is 0. The van der Waals surface area contributed by atoms with Crippen molar-refractivity contribution in [3.8, 4) is 5.75 Å². The molecule has 38 heavy (non-hydrogen) atoms. The molecular weight excluding hydrogens is 488 g/mol. The van der Waals surface area contributed by atoms with Crippen LogP contribution < -0.4 is 10.3 Å². The fourth-order valence-electron chi connectivity index (χ4n) is 3.81. The highest BCUT2D eigenvalue weighted by Gasteiger charge is 2.35. The topological polar surface area (TPSA) is 134 Å². The summed E-state index contributed by atoms with van der Waals surface area (Å²) < 4.78 is 11.9. The van der Waals surface area contributed by atoms with E-state index >= 15 is 0 Å². The van der Waals surface area contributed by atoms with Crippen LogP contribution in [0, 0.1) is 19.3 Å². The number of rotatable bonds is 9. The maximum Gasteiger partial charge on any atom is 0.316 e. The Labute approximate surface area is 221 Å². The Morgan fingerprint density at radius 2 is 1.61 bits per heavy atom. The van der Waals surface area contributed by atoms with Gasteiger partial charge in [0.15, 0.2) is 11.5 Å². The molecule has 0 unspecified atom stereocenters. The molecular formula is C28H34N4O6. The summed E-state index contributed by atoms with van der Waals surface area (Å²) in [5, 5.41) is 7.46. The summed E-state index contributed by atoms with van der Waals surface area (Å²) in [5.74, 6) is -1.68. The Hall–Kier alpha value is -3.95. The Kier molecular flexibility index (Phi) is 8.14. The van der Waals surface area contributed by atoms with E-state index in [1.165, 1.54) is 11.6 Å². The van der Waals surface area contributed by atoms with E-state index in [9.17, 15) is 19.2 Å². The number of ketones is 2. The molecule has 0 aliphatic carbocycles. The van der Waals surface area contributed by atoms with Crippen LogP contribution in [0.3, 0.4) is 0 Å². The number of carbonyl (C=O) groups is 3. The fourth-order valence-corrected chi connectivity index (χ4v) is 3.81. The van der Waals surface area contributed by atoms with Crippen LogP contribution in [0.1, 0.15) is 91.5 Å². The maximum absolute atomic E-state index is 13.5. The van der Waals surface area contributed by atoms with Gasteiger partial charge in [0, 0.05) is 32.2 Å². The van der Waals surface area contributed by atoms with Crippen molar-refractivity contribution in [2.24, 2.45) is 12.5 Å². The van der Waals surface area contributed by atoms with Gasteiger partial charge in [-0.1, -0.05) is 43.7 Å². The number of ether oxygens (including phenoxy) is 1. The molecule has 0 aliphatic heterocycles. The number of aromatic nitrogens is 4. The smallest absolute Gasteiger partial charge is 0.316 e. The predicted molar refractivity (Wildman–Crippen MR) is 139 cm³/mol. The van der Waals surface area contributed by atoms with Gasteiger partial charge in [-0.2, -0.15) is 0 Å². The van der Waals surface area contributed by atoms with Crippen molar-refractivity contribution in [3.05, 3.63) is 69.0 Å². The lowest BCUT2D eigenvalue weighted by molar-refractivity contribution is -0.143. The number of carbonyl (C=O) groups excluding carboxylic acids is 3. The van der Waals surface area contributed by atoms with Crippen LogP contribution in [0.25, 0.3) is 0 Å². The highest BCUT2D eigenvalue weighted by Crippen LogP contribution is 2.29. The maximum atomic E-state index is 13.5. The van der Waals surface area contributed by atoms with Crippen molar-refractivity contribution in [2.75, 3.05) is 0 Å². The summed E-state index contributed by atoms with van der Waals surface area (Å²) in [6.45, 7) is 11.9. The summed E-state index contributed by atoms with van der Waals surface area (Å²) in [7, 11) is 1.46. The van der Waals surface area contributed by atoms with Crippen molar-refractivity contribution in [1.29, 1.82) is 0 Å². The molecule has 1 aromatic carbocycles. The third-order valence-electron chi connectivity index (χ3n) is 6.05. The van der Waals surface area contributed by atoms with E-state index < -0.39 is 39.7 Å². The molecule has 2 aromatic heterocycles. The molecule has 0 N–H and O–H groups in total. The van der Waals surface area contributed by atoms with Gasteiger partial charge in [0.25, 0.3) is 11.4 Å². The normalized spacial score (nSPS) is 11.9. The van der Waals surface area contributed by atoms with E-state index in [4.69, 9.17) is 9.15 Å². The van der Waals surface area contributed by atoms with Crippen molar-refractivity contribution < 1.29 is 23.5 Å². The zero-order valence-electron chi connectivity index (χ0n) is 23.2. The van der Waals surface area contributed by atoms with E-state index in [0.717, 1.165) is 11.1 Å². The second kappa shape index (κ2) is 10.8. The Bertz CT molecular complexity index is 1430. The molecule has 0 saturated heterocycles. The first-order valence-corrected chi connectivity index (χ1v) is 12.4. The van der Waals surface area contributed by atoms with Gasteiger partial charge in [-0.25, -0.2) is 4.98 Å². The summed E-state index contributed by atoms with van der Waals surface area (Å²) in [5.41, 5.74) is -0.808. The highest BCUT2D eigenvalue weighted by atomic mass is 16.5. The number of hydrogen-bond acceptors (Lipinski definition) is 9. The van der Waals surface area contributed by atoms with Gasteiger partial charge in [0.2, 0.25) is 17.4 Å². The molecule has 0 saturated carbocycles. The molecule has 2 heterocycles. The van der Waals surface area contributed by atoms with Gasteiger partial charge in [-0.05, 0) is 39.7 Å². The molecule has 0 bridgehead atoms.